The van der Waals surface area contributed by atoms with Crippen LogP contribution in [0.4, 0.5) is 10.2 Å². The Morgan fingerprint density at radius 1 is 1.14 bits per heavy atom. The van der Waals surface area contributed by atoms with Gasteiger partial charge in [-0.15, -0.1) is 10.2 Å². The number of hydrogen-bond donors (Lipinski definition) is 3. The van der Waals surface area contributed by atoms with E-state index >= 15 is 0 Å². The van der Waals surface area contributed by atoms with Gasteiger partial charge >= 0.3 is 0 Å². The number of amides is 1. The molecule has 0 fully saturated rings. The molecular formula is C28H30FN5O3. The molecule has 0 saturated heterocycles. The highest BCUT2D eigenvalue weighted by Gasteiger charge is 2.16. The Hall–Kier alpha value is -4.11. The molecule has 4 rings (SSSR count). The first-order valence-electron chi connectivity index (χ1n) is 12.1. The second-order valence-electron chi connectivity index (χ2n) is 9.53. The largest absolute Gasteiger partial charge is 0.490 e. The van der Waals surface area contributed by atoms with Gasteiger partial charge in [0.25, 0.3) is 5.91 Å². The van der Waals surface area contributed by atoms with Crippen molar-refractivity contribution in [2.24, 2.45) is 0 Å². The number of benzene rings is 2. The molecule has 9 heteroatoms. The lowest BCUT2D eigenvalue weighted by Crippen LogP contribution is -2.19. The molecule has 192 valence electrons. The third kappa shape index (κ3) is 7.20. The van der Waals surface area contributed by atoms with Gasteiger partial charge in [-0.05, 0) is 80.1 Å². The normalized spacial score (nSPS) is 11.4. The maximum atomic E-state index is 14.5. The van der Waals surface area contributed by atoms with E-state index in [-0.39, 0.29) is 18.2 Å². The van der Waals surface area contributed by atoms with Crippen molar-refractivity contribution in [1.82, 2.24) is 20.2 Å². The molecule has 2 heterocycles. The molecular weight excluding hydrogens is 473 g/mol. The summed E-state index contributed by atoms with van der Waals surface area (Å²) < 4.78 is 20.2. The Labute approximate surface area is 215 Å². The van der Waals surface area contributed by atoms with Gasteiger partial charge < -0.3 is 20.1 Å². The Morgan fingerprint density at radius 2 is 1.92 bits per heavy atom. The molecule has 0 unspecified atom stereocenters. The van der Waals surface area contributed by atoms with Gasteiger partial charge in [-0.2, -0.15) is 0 Å². The number of anilines is 1. The molecule has 2 aromatic heterocycles. The summed E-state index contributed by atoms with van der Waals surface area (Å²) in [7, 11) is 0. The van der Waals surface area contributed by atoms with Gasteiger partial charge in [0.05, 0.1) is 12.2 Å². The first-order valence-corrected chi connectivity index (χ1v) is 12.1. The van der Waals surface area contributed by atoms with E-state index in [0.717, 1.165) is 16.7 Å². The van der Waals surface area contributed by atoms with Crippen molar-refractivity contribution in [1.29, 1.82) is 0 Å². The molecule has 0 bridgehead atoms. The standard InChI is InChI=1S/C28H30FN5O3/c1-18-14-22(29)23(37-13-7-11-28(2,3)36)17-21(18)20-10-12-30-24(16-20)32-27(35)26-31-25(33-34-26)15-19-8-5-4-6-9-19/h4-6,8-10,12,14,16-17,36H,7,11,13,15H2,1-3H3,(H,30,32,35)(H,31,33,34). The number of carbonyl (C=O) groups excluding carboxylic acids is 1. The molecule has 0 saturated carbocycles. The van der Waals surface area contributed by atoms with Crippen LogP contribution in [0.3, 0.4) is 0 Å². The van der Waals surface area contributed by atoms with Gasteiger partial charge in [0.1, 0.15) is 11.6 Å². The molecule has 37 heavy (non-hydrogen) atoms. The van der Waals surface area contributed by atoms with Gasteiger partial charge in [-0.3, -0.25) is 4.79 Å². The van der Waals surface area contributed by atoms with Crippen molar-refractivity contribution >= 4 is 11.7 Å². The first-order chi connectivity index (χ1) is 17.7. The van der Waals surface area contributed by atoms with E-state index in [9.17, 15) is 14.3 Å². The van der Waals surface area contributed by atoms with Gasteiger partial charge in [0.2, 0.25) is 5.82 Å². The molecule has 0 radical (unpaired) electrons. The van der Waals surface area contributed by atoms with E-state index in [4.69, 9.17) is 4.74 Å². The highest BCUT2D eigenvalue weighted by molar-refractivity contribution is 6.01. The summed E-state index contributed by atoms with van der Waals surface area (Å²) in [5, 5.41) is 20.6. The van der Waals surface area contributed by atoms with E-state index in [1.165, 1.54) is 6.07 Å². The quantitative estimate of drug-likeness (QED) is 0.260. The maximum absolute atomic E-state index is 14.5. The van der Waals surface area contributed by atoms with E-state index in [1.54, 1.807) is 45.2 Å². The summed E-state index contributed by atoms with van der Waals surface area (Å²) in [4.78, 5) is 19.9. The number of rotatable bonds is 10. The van der Waals surface area contributed by atoms with Crippen molar-refractivity contribution in [3.05, 3.63) is 89.4 Å². The van der Waals surface area contributed by atoms with Crippen LogP contribution < -0.4 is 10.1 Å². The zero-order chi connectivity index (χ0) is 26.4. The Kier molecular flexibility index (Phi) is 7.93. The third-order valence-corrected chi connectivity index (χ3v) is 5.74. The highest BCUT2D eigenvalue weighted by atomic mass is 19.1. The lowest BCUT2D eigenvalue weighted by Gasteiger charge is -2.17. The minimum atomic E-state index is -0.798. The predicted octanol–water partition coefficient (Wildman–Crippen LogP) is 5.09. The monoisotopic (exact) mass is 503 g/mol. The zero-order valence-corrected chi connectivity index (χ0v) is 21.1. The number of aromatic nitrogens is 4. The SMILES string of the molecule is Cc1cc(F)c(OCCCC(C)(C)O)cc1-c1ccnc(NC(=O)c2nnc(Cc3ccccc3)[nH]2)c1. The number of carbonyl (C=O) groups is 1. The number of nitrogens with zero attached hydrogens (tertiary/aromatic N) is 3. The molecule has 0 aliphatic carbocycles. The Bertz CT molecular complexity index is 1370. The van der Waals surface area contributed by atoms with E-state index in [2.05, 4.69) is 25.5 Å². The Balaban J connectivity index is 1.45. The van der Waals surface area contributed by atoms with Crippen molar-refractivity contribution in [3.63, 3.8) is 0 Å². The molecule has 2 aromatic carbocycles. The zero-order valence-electron chi connectivity index (χ0n) is 21.1. The maximum Gasteiger partial charge on any atom is 0.294 e. The summed E-state index contributed by atoms with van der Waals surface area (Å²) in [5.74, 6) is 0.186. The average Bonchev–Trinajstić information content (AvgIpc) is 3.32. The van der Waals surface area contributed by atoms with Gasteiger partial charge in [-0.1, -0.05) is 30.3 Å². The average molecular weight is 504 g/mol. The highest BCUT2D eigenvalue weighted by Crippen LogP contribution is 2.31. The first kappa shape index (κ1) is 26.0. The van der Waals surface area contributed by atoms with Crippen LogP contribution >= 0.6 is 0 Å². The number of aromatic amines is 1. The number of aliphatic hydroxyl groups is 1. The van der Waals surface area contributed by atoms with Crippen LogP contribution in [-0.2, 0) is 6.42 Å². The molecule has 3 N–H and O–H groups in total. The minimum Gasteiger partial charge on any atom is -0.490 e. The van der Waals surface area contributed by atoms with Crippen molar-refractivity contribution < 1.29 is 19.0 Å². The molecule has 0 aliphatic rings. The summed E-state index contributed by atoms with van der Waals surface area (Å²) in [5.41, 5.74) is 2.46. The summed E-state index contributed by atoms with van der Waals surface area (Å²) in [6.07, 6.45) is 3.23. The number of nitrogens with one attached hydrogen (secondary N) is 2. The molecule has 0 spiro atoms. The second-order valence-corrected chi connectivity index (χ2v) is 9.53. The summed E-state index contributed by atoms with van der Waals surface area (Å²) in [6, 6.07) is 16.3. The van der Waals surface area contributed by atoms with Crippen LogP contribution in [0.25, 0.3) is 11.1 Å². The smallest absolute Gasteiger partial charge is 0.294 e. The number of hydrogen-bond acceptors (Lipinski definition) is 6. The predicted molar refractivity (Wildman–Crippen MR) is 139 cm³/mol. The topological polar surface area (TPSA) is 113 Å². The third-order valence-electron chi connectivity index (χ3n) is 5.74. The molecule has 0 atom stereocenters. The number of H-pyrrole nitrogens is 1. The van der Waals surface area contributed by atoms with Crippen molar-refractivity contribution in [2.75, 3.05) is 11.9 Å². The molecule has 1 amide bonds. The van der Waals surface area contributed by atoms with Gasteiger partial charge in [0.15, 0.2) is 11.6 Å². The number of aryl methyl sites for hydroxylation is 1. The van der Waals surface area contributed by atoms with Crippen molar-refractivity contribution in [2.45, 2.75) is 45.6 Å². The van der Waals surface area contributed by atoms with E-state index in [0.29, 0.717) is 36.5 Å². The fourth-order valence-electron chi connectivity index (χ4n) is 3.87. The summed E-state index contributed by atoms with van der Waals surface area (Å²) >= 11 is 0. The fraction of sp³-hybridized carbons (Fsp3) is 0.286. The number of pyridine rings is 1. The van der Waals surface area contributed by atoms with Crippen LogP contribution in [0.5, 0.6) is 5.75 Å². The summed E-state index contributed by atoms with van der Waals surface area (Å²) in [6.45, 7) is 5.54. The lowest BCUT2D eigenvalue weighted by atomic mass is 10.0. The van der Waals surface area contributed by atoms with Crippen molar-refractivity contribution in [3.8, 4) is 16.9 Å². The lowest BCUT2D eigenvalue weighted by molar-refractivity contribution is 0.0639. The fourth-order valence-corrected chi connectivity index (χ4v) is 3.87. The van der Waals surface area contributed by atoms with E-state index in [1.807, 2.05) is 30.3 Å². The second kappa shape index (κ2) is 11.3. The van der Waals surface area contributed by atoms with Gasteiger partial charge in [0, 0.05) is 12.6 Å². The molecule has 8 nitrogen and oxygen atoms in total. The molecule has 0 aliphatic heterocycles. The van der Waals surface area contributed by atoms with Gasteiger partial charge in [-0.25, -0.2) is 9.37 Å². The van der Waals surface area contributed by atoms with Crippen LogP contribution in [-0.4, -0.2) is 43.4 Å². The number of ether oxygens (including phenoxy) is 1. The van der Waals surface area contributed by atoms with Crippen LogP contribution in [0.2, 0.25) is 0 Å². The minimum absolute atomic E-state index is 0.0813. The number of halogens is 1. The van der Waals surface area contributed by atoms with E-state index < -0.39 is 17.3 Å². The van der Waals surface area contributed by atoms with Crippen LogP contribution in [0.15, 0.2) is 60.8 Å². The molecule has 4 aromatic rings. The van der Waals surface area contributed by atoms with Crippen LogP contribution in [0.1, 0.15) is 54.3 Å². The van der Waals surface area contributed by atoms with Crippen LogP contribution in [0, 0.1) is 12.7 Å². The Morgan fingerprint density at radius 3 is 2.68 bits per heavy atom.